The molecule has 1 heterocycles. The SMILES string of the molecule is Cc1ccc(-c2nc3ccccc3n2CC(N)=S)cc1C. The lowest BCUT2D eigenvalue weighted by atomic mass is 10.1. The van der Waals surface area contributed by atoms with Gasteiger partial charge in [0, 0.05) is 5.56 Å². The fourth-order valence-corrected chi connectivity index (χ4v) is 2.62. The number of hydrogen-bond acceptors (Lipinski definition) is 2. The molecule has 0 saturated heterocycles. The average Bonchev–Trinajstić information content (AvgIpc) is 2.80. The molecule has 0 radical (unpaired) electrons. The highest BCUT2D eigenvalue weighted by molar-refractivity contribution is 7.80. The van der Waals surface area contributed by atoms with Crippen molar-refractivity contribution >= 4 is 28.2 Å². The van der Waals surface area contributed by atoms with Crippen LogP contribution in [-0.4, -0.2) is 14.5 Å². The van der Waals surface area contributed by atoms with E-state index in [0.29, 0.717) is 11.5 Å². The molecule has 0 atom stereocenters. The van der Waals surface area contributed by atoms with Crippen LogP contribution in [0.15, 0.2) is 42.5 Å². The molecule has 0 unspecified atom stereocenters. The topological polar surface area (TPSA) is 43.8 Å². The fraction of sp³-hybridized carbons (Fsp3) is 0.176. The highest BCUT2D eigenvalue weighted by Crippen LogP contribution is 2.26. The van der Waals surface area contributed by atoms with Crippen molar-refractivity contribution in [1.29, 1.82) is 0 Å². The molecule has 0 aliphatic carbocycles. The van der Waals surface area contributed by atoms with Crippen LogP contribution in [0.1, 0.15) is 11.1 Å². The third-order valence-electron chi connectivity index (χ3n) is 3.73. The number of fused-ring (bicyclic) bond motifs is 1. The zero-order valence-electron chi connectivity index (χ0n) is 12.1. The molecule has 1 aromatic heterocycles. The Labute approximate surface area is 129 Å². The first-order valence-electron chi connectivity index (χ1n) is 6.87. The van der Waals surface area contributed by atoms with E-state index in [-0.39, 0.29) is 0 Å². The van der Waals surface area contributed by atoms with E-state index in [0.717, 1.165) is 22.4 Å². The Balaban J connectivity index is 2.25. The van der Waals surface area contributed by atoms with E-state index < -0.39 is 0 Å². The molecule has 0 aliphatic rings. The van der Waals surface area contributed by atoms with E-state index in [9.17, 15) is 0 Å². The van der Waals surface area contributed by atoms with Crippen LogP contribution in [0.25, 0.3) is 22.4 Å². The Kier molecular flexibility index (Phi) is 3.47. The van der Waals surface area contributed by atoms with Crippen molar-refractivity contribution in [3.63, 3.8) is 0 Å². The Morgan fingerprint density at radius 1 is 1.14 bits per heavy atom. The molecule has 2 aromatic carbocycles. The van der Waals surface area contributed by atoms with Gasteiger partial charge in [-0.3, -0.25) is 0 Å². The smallest absolute Gasteiger partial charge is 0.141 e. The predicted octanol–water partition coefficient (Wildman–Crippen LogP) is 3.61. The lowest BCUT2D eigenvalue weighted by molar-refractivity contribution is 0.895. The number of imidazole rings is 1. The normalized spacial score (nSPS) is 11.0. The second-order valence-electron chi connectivity index (χ2n) is 5.28. The van der Waals surface area contributed by atoms with Gasteiger partial charge in [0.05, 0.1) is 22.6 Å². The van der Waals surface area contributed by atoms with Crippen molar-refractivity contribution in [2.24, 2.45) is 5.73 Å². The van der Waals surface area contributed by atoms with E-state index in [1.807, 2.05) is 24.3 Å². The summed E-state index contributed by atoms with van der Waals surface area (Å²) in [5.74, 6) is 0.909. The first kappa shape index (κ1) is 13.8. The van der Waals surface area contributed by atoms with Crippen LogP contribution in [0.5, 0.6) is 0 Å². The van der Waals surface area contributed by atoms with Crippen molar-refractivity contribution in [3.8, 4) is 11.4 Å². The van der Waals surface area contributed by atoms with E-state index in [1.54, 1.807) is 0 Å². The number of para-hydroxylation sites is 2. The van der Waals surface area contributed by atoms with Crippen molar-refractivity contribution in [1.82, 2.24) is 9.55 Å². The molecule has 0 spiro atoms. The summed E-state index contributed by atoms with van der Waals surface area (Å²) < 4.78 is 2.09. The Morgan fingerprint density at radius 2 is 1.90 bits per heavy atom. The van der Waals surface area contributed by atoms with Crippen LogP contribution in [-0.2, 0) is 6.54 Å². The lowest BCUT2D eigenvalue weighted by Gasteiger charge is -2.09. The molecular weight excluding hydrogens is 278 g/mol. The number of rotatable bonds is 3. The maximum Gasteiger partial charge on any atom is 0.141 e. The molecule has 106 valence electrons. The molecule has 3 nitrogen and oxygen atoms in total. The molecule has 0 aliphatic heterocycles. The van der Waals surface area contributed by atoms with E-state index in [1.165, 1.54) is 11.1 Å². The summed E-state index contributed by atoms with van der Waals surface area (Å²) in [5, 5.41) is 0. The van der Waals surface area contributed by atoms with Gasteiger partial charge in [0.1, 0.15) is 5.82 Å². The van der Waals surface area contributed by atoms with Gasteiger partial charge in [-0.15, -0.1) is 0 Å². The second kappa shape index (κ2) is 5.30. The summed E-state index contributed by atoms with van der Waals surface area (Å²) in [6.45, 7) is 4.72. The molecule has 4 heteroatoms. The maximum absolute atomic E-state index is 5.76. The highest BCUT2D eigenvalue weighted by Gasteiger charge is 2.13. The zero-order chi connectivity index (χ0) is 15.0. The zero-order valence-corrected chi connectivity index (χ0v) is 12.9. The molecule has 2 N–H and O–H groups in total. The number of benzene rings is 2. The predicted molar refractivity (Wildman–Crippen MR) is 91.4 cm³/mol. The monoisotopic (exact) mass is 295 g/mol. The number of aryl methyl sites for hydroxylation is 2. The minimum Gasteiger partial charge on any atom is -0.392 e. The standard InChI is InChI=1S/C17H17N3S/c1-11-7-8-13(9-12(11)2)17-19-14-5-3-4-6-15(14)20(17)10-16(18)21/h3-9H,10H2,1-2H3,(H2,18,21). The molecule has 0 fully saturated rings. The Hall–Kier alpha value is -2.20. The van der Waals surface area contributed by atoms with Crippen LogP contribution in [0.2, 0.25) is 0 Å². The minimum atomic E-state index is 0.461. The molecule has 21 heavy (non-hydrogen) atoms. The second-order valence-corrected chi connectivity index (χ2v) is 5.80. The van der Waals surface area contributed by atoms with Gasteiger partial charge < -0.3 is 10.3 Å². The van der Waals surface area contributed by atoms with E-state index in [2.05, 4.69) is 36.6 Å². The summed E-state index contributed by atoms with van der Waals surface area (Å²) in [4.78, 5) is 5.22. The van der Waals surface area contributed by atoms with E-state index >= 15 is 0 Å². The Bertz CT molecular complexity index is 833. The largest absolute Gasteiger partial charge is 0.392 e. The summed E-state index contributed by atoms with van der Waals surface area (Å²) in [6.07, 6.45) is 0. The van der Waals surface area contributed by atoms with Gasteiger partial charge in [0.2, 0.25) is 0 Å². The maximum atomic E-state index is 5.76. The molecule has 3 aromatic rings. The first-order chi connectivity index (χ1) is 10.1. The van der Waals surface area contributed by atoms with Crippen LogP contribution in [0.4, 0.5) is 0 Å². The number of nitrogens with two attached hydrogens (primary N) is 1. The summed E-state index contributed by atoms with van der Waals surface area (Å²) in [7, 11) is 0. The van der Waals surface area contributed by atoms with Crippen molar-refractivity contribution in [2.75, 3.05) is 0 Å². The average molecular weight is 295 g/mol. The minimum absolute atomic E-state index is 0.461. The van der Waals surface area contributed by atoms with Crippen LogP contribution in [0.3, 0.4) is 0 Å². The summed E-state index contributed by atoms with van der Waals surface area (Å²) in [6, 6.07) is 14.4. The van der Waals surface area contributed by atoms with Crippen molar-refractivity contribution in [3.05, 3.63) is 53.6 Å². The quantitative estimate of drug-likeness (QED) is 0.751. The van der Waals surface area contributed by atoms with Gasteiger partial charge in [-0.25, -0.2) is 4.98 Å². The third kappa shape index (κ3) is 2.54. The van der Waals surface area contributed by atoms with Crippen LogP contribution < -0.4 is 5.73 Å². The number of hydrogen-bond donors (Lipinski definition) is 1. The van der Waals surface area contributed by atoms with Gasteiger partial charge in [0.25, 0.3) is 0 Å². The summed E-state index contributed by atoms with van der Waals surface area (Å²) in [5.41, 5.74) is 11.4. The molecule has 0 amide bonds. The van der Waals surface area contributed by atoms with E-state index in [4.69, 9.17) is 22.9 Å². The lowest BCUT2D eigenvalue weighted by Crippen LogP contribution is -2.17. The molecule has 3 rings (SSSR count). The summed E-state index contributed by atoms with van der Waals surface area (Å²) >= 11 is 5.09. The number of nitrogens with zero attached hydrogens (tertiary/aromatic N) is 2. The molecule has 0 bridgehead atoms. The molecule has 0 saturated carbocycles. The first-order valence-corrected chi connectivity index (χ1v) is 7.28. The van der Waals surface area contributed by atoms with Gasteiger partial charge in [-0.1, -0.05) is 36.5 Å². The number of thiocarbonyl (C=S) groups is 1. The van der Waals surface area contributed by atoms with Crippen LogP contribution in [0, 0.1) is 13.8 Å². The third-order valence-corrected chi connectivity index (χ3v) is 3.86. The van der Waals surface area contributed by atoms with Gasteiger partial charge >= 0.3 is 0 Å². The fourth-order valence-electron chi connectivity index (χ4n) is 2.49. The Morgan fingerprint density at radius 3 is 2.62 bits per heavy atom. The highest BCUT2D eigenvalue weighted by atomic mass is 32.1. The van der Waals surface area contributed by atoms with Gasteiger partial charge in [0.15, 0.2) is 0 Å². The van der Waals surface area contributed by atoms with Gasteiger partial charge in [-0.05, 0) is 43.2 Å². The number of aromatic nitrogens is 2. The molecular formula is C17H17N3S. The van der Waals surface area contributed by atoms with Crippen LogP contribution >= 0.6 is 12.2 Å². The van der Waals surface area contributed by atoms with Crippen molar-refractivity contribution < 1.29 is 0 Å². The van der Waals surface area contributed by atoms with Crippen molar-refractivity contribution in [2.45, 2.75) is 20.4 Å². The van der Waals surface area contributed by atoms with Gasteiger partial charge in [-0.2, -0.15) is 0 Å².